The van der Waals surface area contributed by atoms with Gasteiger partial charge in [0.2, 0.25) is 0 Å². The highest BCUT2D eigenvalue weighted by molar-refractivity contribution is 7.17. The highest BCUT2D eigenvalue weighted by Crippen LogP contribution is 2.38. The molecule has 2 nitrogen and oxygen atoms in total. The molecule has 2 N–H and O–H groups in total. The molecule has 2 aromatic carbocycles. The fourth-order valence-corrected chi connectivity index (χ4v) is 3.65. The van der Waals surface area contributed by atoms with Crippen molar-refractivity contribution in [2.45, 2.75) is 12.5 Å². The maximum atomic E-state index is 6.69. The van der Waals surface area contributed by atoms with Crippen molar-refractivity contribution in [3.8, 4) is 5.75 Å². The molecule has 1 atom stereocenters. The third-order valence-corrected chi connectivity index (χ3v) is 4.67. The summed E-state index contributed by atoms with van der Waals surface area (Å²) in [6.07, 6.45) is 0. The van der Waals surface area contributed by atoms with Crippen LogP contribution in [0.4, 0.5) is 0 Å². The molecule has 1 aromatic heterocycles. The lowest BCUT2D eigenvalue weighted by Gasteiger charge is -2.28. The summed E-state index contributed by atoms with van der Waals surface area (Å²) in [6.45, 7) is 2.04. The first-order valence-corrected chi connectivity index (χ1v) is 7.41. The molecule has 1 unspecified atom stereocenters. The largest absolute Gasteiger partial charge is 0.496 e. The van der Waals surface area contributed by atoms with Gasteiger partial charge in [-0.05, 0) is 35.4 Å². The number of ether oxygens (including phenoxy) is 1. The van der Waals surface area contributed by atoms with Gasteiger partial charge in [0.1, 0.15) is 5.75 Å². The fourth-order valence-electron chi connectivity index (χ4n) is 2.62. The molecule has 102 valence electrons. The van der Waals surface area contributed by atoms with Gasteiger partial charge in [0.05, 0.1) is 12.6 Å². The quantitative estimate of drug-likeness (QED) is 0.784. The fraction of sp³-hybridized carbons (Fsp3) is 0.176. The Morgan fingerprint density at radius 3 is 2.55 bits per heavy atom. The van der Waals surface area contributed by atoms with Gasteiger partial charge in [-0.2, -0.15) is 0 Å². The number of fused-ring (bicyclic) bond motifs is 1. The van der Waals surface area contributed by atoms with Gasteiger partial charge in [-0.25, -0.2) is 0 Å². The Morgan fingerprint density at radius 1 is 1.00 bits per heavy atom. The Morgan fingerprint density at radius 2 is 1.75 bits per heavy atom. The summed E-state index contributed by atoms with van der Waals surface area (Å²) >= 11 is 1.73. The molecule has 0 amide bonds. The lowest BCUT2D eigenvalue weighted by molar-refractivity contribution is 0.399. The molecule has 3 aromatic rings. The van der Waals surface area contributed by atoms with Crippen molar-refractivity contribution in [1.82, 2.24) is 0 Å². The zero-order valence-electron chi connectivity index (χ0n) is 11.6. The van der Waals surface area contributed by atoms with Gasteiger partial charge >= 0.3 is 0 Å². The smallest absolute Gasteiger partial charge is 0.124 e. The van der Waals surface area contributed by atoms with Gasteiger partial charge in [0.25, 0.3) is 0 Å². The van der Waals surface area contributed by atoms with Crippen LogP contribution in [0.3, 0.4) is 0 Å². The minimum Gasteiger partial charge on any atom is -0.496 e. The van der Waals surface area contributed by atoms with Crippen LogP contribution in [0.2, 0.25) is 0 Å². The van der Waals surface area contributed by atoms with E-state index in [4.69, 9.17) is 10.5 Å². The molecular weight excluding hydrogens is 266 g/mol. The summed E-state index contributed by atoms with van der Waals surface area (Å²) in [5.74, 6) is 0.825. The first-order valence-electron chi connectivity index (χ1n) is 6.53. The maximum Gasteiger partial charge on any atom is 0.124 e. The number of nitrogens with two attached hydrogens (primary N) is 1. The van der Waals surface area contributed by atoms with E-state index in [2.05, 4.69) is 29.6 Å². The van der Waals surface area contributed by atoms with E-state index in [1.165, 1.54) is 10.1 Å². The summed E-state index contributed by atoms with van der Waals surface area (Å²) in [6, 6.07) is 16.4. The van der Waals surface area contributed by atoms with E-state index in [-0.39, 0.29) is 0 Å². The Labute approximate surface area is 122 Å². The number of hydrogen-bond acceptors (Lipinski definition) is 3. The van der Waals surface area contributed by atoms with E-state index in [1.807, 2.05) is 31.2 Å². The Bertz CT molecular complexity index is 745. The van der Waals surface area contributed by atoms with E-state index in [1.54, 1.807) is 18.4 Å². The van der Waals surface area contributed by atoms with Crippen LogP contribution in [0.25, 0.3) is 10.1 Å². The minimum atomic E-state index is -0.586. The molecule has 20 heavy (non-hydrogen) atoms. The van der Waals surface area contributed by atoms with Crippen LogP contribution >= 0.6 is 11.3 Å². The summed E-state index contributed by atoms with van der Waals surface area (Å²) < 4.78 is 6.71. The molecule has 0 aliphatic carbocycles. The van der Waals surface area contributed by atoms with E-state index < -0.39 is 5.54 Å². The van der Waals surface area contributed by atoms with E-state index in [9.17, 15) is 0 Å². The predicted octanol–water partition coefficient (Wildman–Crippen LogP) is 4.13. The molecule has 0 saturated carbocycles. The molecule has 1 heterocycles. The second kappa shape index (κ2) is 4.93. The van der Waals surface area contributed by atoms with Gasteiger partial charge in [0, 0.05) is 10.3 Å². The molecule has 0 radical (unpaired) electrons. The maximum absolute atomic E-state index is 6.69. The van der Waals surface area contributed by atoms with Gasteiger partial charge in [-0.3, -0.25) is 0 Å². The van der Waals surface area contributed by atoms with Gasteiger partial charge in [0.15, 0.2) is 0 Å². The van der Waals surface area contributed by atoms with Crippen LogP contribution in [-0.4, -0.2) is 7.11 Å². The second-order valence-electron chi connectivity index (χ2n) is 5.05. The monoisotopic (exact) mass is 283 g/mol. The van der Waals surface area contributed by atoms with Crippen molar-refractivity contribution in [3.63, 3.8) is 0 Å². The summed E-state index contributed by atoms with van der Waals surface area (Å²) in [5.41, 5.74) is 8.24. The second-order valence-corrected chi connectivity index (χ2v) is 5.96. The Kier molecular flexibility index (Phi) is 3.24. The molecule has 3 heteroatoms. The first-order chi connectivity index (χ1) is 9.64. The zero-order valence-corrected chi connectivity index (χ0v) is 12.4. The highest BCUT2D eigenvalue weighted by Gasteiger charge is 2.29. The molecule has 0 aliphatic heterocycles. The van der Waals surface area contributed by atoms with Gasteiger partial charge < -0.3 is 10.5 Å². The lowest BCUT2D eigenvalue weighted by atomic mass is 9.84. The minimum absolute atomic E-state index is 0.586. The van der Waals surface area contributed by atoms with Crippen LogP contribution in [0.15, 0.2) is 53.9 Å². The summed E-state index contributed by atoms with van der Waals surface area (Å²) in [4.78, 5) is 0. The average Bonchev–Trinajstić information content (AvgIpc) is 2.95. The SMILES string of the molecule is COc1ccccc1C(C)(N)c1cccc2ccsc12. The van der Waals surface area contributed by atoms with Crippen LogP contribution in [0, 0.1) is 0 Å². The van der Waals surface area contributed by atoms with Crippen LogP contribution < -0.4 is 10.5 Å². The van der Waals surface area contributed by atoms with Crippen molar-refractivity contribution >= 4 is 21.4 Å². The normalized spacial score (nSPS) is 14.2. The number of para-hydroxylation sites is 1. The lowest BCUT2D eigenvalue weighted by Crippen LogP contribution is -2.34. The number of benzene rings is 2. The third-order valence-electron chi connectivity index (χ3n) is 3.70. The molecule has 0 saturated heterocycles. The Hall–Kier alpha value is -1.84. The molecule has 0 fully saturated rings. The molecular formula is C17H17NOS. The van der Waals surface area contributed by atoms with Crippen LogP contribution in [0.5, 0.6) is 5.75 Å². The average molecular weight is 283 g/mol. The standard InChI is InChI=1S/C17H17NOS/c1-17(18,13-7-3-4-9-15(13)19-2)14-8-5-6-12-10-11-20-16(12)14/h3-11H,18H2,1-2H3. The molecule has 0 bridgehead atoms. The van der Waals surface area contributed by atoms with Gasteiger partial charge in [-0.15, -0.1) is 11.3 Å². The van der Waals surface area contributed by atoms with E-state index in [0.29, 0.717) is 0 Å². The van der Waals surface area contributed by atoms with Gasteiger partial charge in [-0.1, -0.05) is 36.4 Å². The van der Waals surface area contributed by atoms with Crippen molar-refractivity contribution < 1.29 is 4.74 Å². The van der Waals surface area contributed by atoms with Crippen molar-refractivity contribution in [2.24, 2.45) is 5.73 Å². The highest BCUT2D eigenvalue weighted by atomic mass is 32.1. The zero-order chi connectivity index (χ0) is 14.2. The molecule has 0 spiro atoms. The van der Waals surface area contributed by atoms with Crippen LogP contribution in [0.1, 0.15) is 18.1 Å². The molecule has 3 rings (SSSR count). The van der Waals surface area contributed by atoms with Crippen molar-refractivity contribution in [1.29, 1.82) is 0 Å². The molecule has 0 aliphatic rings. The number of rotatable bonds is 3. The summed E-state index contributed by atoms with van der Waals surface area (Å²) in [5, 5.41) is 3.34. The topological polar surface area (TPSA) is 35.2 Å². The van der Waals surface area contributed by atoms with Crippen LogP contribution in [-0.2, 0) is 5.54 Å². The number of methoxy groups -OCH3 is 1. The van der Waals surface area contributed by atoms with E-state index in [0.717, 1.165) is 16.9 Å². The third kappa shape index (κ3) is 1.99. The summed E-state index contributed by atoms with van der Waals surface area (Å²) in [7, 11) is 1.68. The van der Waals surface area contributed by atoms with Crippen molar-refractivity contribution in [3.05, 3.63) is 65.0 Å². The Balaban J connectivity index is 2.23. The predicted molar refractivity (Wildman–Crippen MR) is 85.5 cm³/mol. The first kappa shape index (κ1) is 13.2. The van der Waals surface area contributed by atoms with E-state index >= 15 is 0 Å². The number of hydrogen-bond donors (Lipinski definition) is 1. The van der Waals surface area contributed by atoms with Crippen molar-refractivity contribution in [2.75, 3.05) is 7.11 Å². The number of thiophene rings is 1.